The first-order valence-electron chi connectivity index (χ1n) is 6.71. The van der Waals surface area contributed by atoms with Crippen LogP contribution in [0.3, 0.4) is 0 Å². The minimum atomic E-state index is 0.744. The number of anilines is 1. The van der Waals surface area contributed by atoms with Gasteiger partial charge in [0.25, 0.3) is 0 Å². The van der Waals surface area contributed by atoms with Crippen molar-refractivity contribution in [3.05, 3.63) is 11.8 Å². The minimum Gasteiger partial charge on any atom is -0.378 e. The van der Waals surface area contributed by atoms with E-state index in [4.69, 9.17) is 4.74 Å². The second-order valence-electron chi connectivity index (χ2n) is 4.83. The van der Waals surface area contributed by atoms with Crippen LogP contribution in [0, 0.1) is 6.92 Å². The molecule has 19 heavy (non-hydrogen) atoms. The second kappa shape index (κ2) is 5.13. The fraction of sp³-hybridized carbons (Fsp3) is 0.615. The molecular formula is C13H19N5O. The van der Waals surface area contributed by atoms with Crippen LogP contribution in [-0.2, 0) is 4.74 Å². The number of nitrogens with zero attached hydrogens (tertiary/aromatic N) is 5. The fourth-order valence-electron chi connectivity index (χ4n) is 2.44. The molecule has 0 radical (unpaired) electrons. The maximum atomic E-state index is 5.41. The van der Waals surface area contributed by atoms with E-state index >= 15 is 0 Å². The molecule has 1 aromatic rings. The largest absolute Gasteiger partial charge is 0.378 e. The van der Waals surface area contributed by atoms with Gasteiger partial charge in [0.1, 0.15) is 5.82 Å². The molecule has 2 aliphatic rings. The third-order valence-corrected chi connectivity index (χ3v) is 3.38. The van der Waals surface area contributed by atoms with Crippen molar-refractivity contribution in [2.24, 2.45) is 9.98 Å². The van der Waals surface area contributed by atoms with Crippen LogP contribution in [0.15, 0.2) is 16.1 Å². The summed E-state index contributed by atoms with van der Waals surface area (Å²) in [7, 11) is 0. The van der Waals surface area contributed by atoms with E-state index < -0.39 is 0 Å². The van der Waals surface area contributed by atoms with E-state index in [1.807, 2.05) is 18.5 Å². The lowest BCUT2D eigenvalue weighted by atomic mass is 10.3. The molecule has 0 N–H and O–H groups in total. The molecule has 0 bridgehead atoms. The molecule has 3 heterocycles. The summed E-state index contributed by atoms with van der Waals surface area (Å²) in [6.45, 7) is 8.86. The van der Waals surface area contributed by atoms with Gasteiger partial charge in [0.15, 0.2) is 5.84 Å². The van der Waals surface area contributed by atoms with Gasteiger partial charge in [-0.05, 0) is 13.8 Å². The normalized spacial score (nSPS) is 20.2. The van der Waals surface area contributed by atoms with E-state index in [-0.39, 0.29) is 0 Å². The Morgan fingerprint density at radius 3 is 2.58 bits per heavy atom. The zero-order valence-electron chi connectivity index (χ0n) is 11.5. The van der Waals surface area contributed by atoms with Crippen LogP contribution in [0.25, 0.3) is 0 Å². The maximum Gasteiger partial charge on any atom is 0.172 e. The second-order valence-corrected chi connectivity index (χ2v) is 4.83. The highest BCUT2D eigenvalue weighted by atomic mass is 16.5. The standard InChI is InChI=1S/C13H19N5O/c1-10-9-12(17-5-7-19-8-6-17)18(16-10)13-11(2)14-3-4-15-13/h9H,3-8H2,1-2H3. The van der Waals surface area contributed by atoms with Gasteiger partial charge in [-0.1, -0.05) is 0 Å². The molecule has 0 unspecified atom stereocenters. The summed E-state index contributed by atoms with van der Waals surface area (Å²) in [5.41, 5.74) is 1.96. The first kappa shape index (κ1) is 12.3. The average Bonchev–Trinajstić information content (AvgIpc) is 2.82. The van der Waals surface area contributed by atoms with Crippen molar-refractivity contribution in [1.82, 2.24) is 9.78 Å². The maximum absolute atomic E-state index is 5.41. The third-order valence-electron chi connectivity index (χ3n) is 3.38. The molecule has 0 spiro atoms. The van der Waals surface area contributed by atoms with Crippen molar-refractivity contribution in [2.75, 3.05) is 44.3 Å². The van der Waals surface area contributed by atoms with Crippen LogP contribution >= 0.6 is 0 Å². The van der Waals surface area contributed by atoms with E-state index in [0.29, 0.717) is 0 Å². The summed E-state index contributed by atoms with van der Waals surface area (Å²) in [6, 6.07) is 2.11. The lowest BCUT2D eigenvalue weighted by Crippen LogP contribution is -2.39. The molecular weight excluding hydrogens is 242 g/mol. The molecule has 0 atom stereocenters. The number of aliphatic imine (C=N–C) groups is 2. The highest BCUT2D eigenvalue weighted by Crippen LogP contribution is 2.18. The molecule has 2 aliphatic heterocycles. The molecule has 1 fully saturated rings. The molecule has 1 saturated heterocycles. The van der Waals surface area contributed by atoms with Crippen molar-refractivity contribution < 1.29 is 4.74 Å². The topological polar surface area (TPSA) is 55.0 Å². The van der Waals surface area contributed by atoms with Gasteiger partial charge in [0.2, 0.25) is 0 Å². The lowest BCUT2D eigenvalue weighted by Gasteiger charge is -2.29. The fourth-order valence-corrected chi connectivity index (χ4v) is 2.44. The number of ether oxygens (including phenoxy) is 1. The van der Waals surface area contributed by atoms with Gasteiger partial charge in [-0.3, -0.25) is 9.98 Å². The van der Waals surface area contributed by atoms with Crippen LogP contribution < -0.4 is 4.90 Å². The molecule has 102 valence electrons. The first-order chi connectivity index (χ1) is 9.25. The predicted octanol–water partition coefficient (Wildman–Crippen LogP) is 0.749. The van der Waals surface area contributed by atoms with Crippen LogP contribution in [-0.4, -0.2) is 60.7 Å². The summed E-state index contributed by atoms with van der Waals surface area (Å²) in [6.07, 6.45) is 0. The van der Waals surface area contributed by atoms with Gasteiger partial charge in [0.05, 0.1) is 37.7 Å². The predicted molar refractivity (Wildman–Crippen MR) is 75.7 cm³/mol. The highest BCUT2D eigenvalue weighted by Gasteiger charge is 2.21. The zero-order valence-corrected chi connectivity index (χ0v) is 11.5. The Morgan fingerprint density at radius 2 is 1.84 bits per heavy atom. The smallest absolute Gasteiger partial charge is 0.172 e. The summed E-state index contributed by atoms with van der Waals surface area (Å²) in [5.74, 6) is 1.97. The quantitative estimate of drug-likeness (QED) is 0.749. The number of aromatic nitrogens is 2. The van der Waals surface area contributed by atoms with Gasteiger partial charge in [-0.25, -0.2) is 0 Å². The van der Waals surface area contributed by atoms with Gasteiger partial charge in [-0.2, -0.15) is 9.78 Å². The number of morpholine rings is 1. The summed E-state index contributed by atoms with van der Waals surface area (Å²) in [5, 5.41) is 4.58. The van der Waals surface area contributed by atoms with Crippen molar-refractivity contribution in [3.63, 3.8) is 0 Å². The Balaban J connectivity index is 1.97. The van der Waals surface area contributed by atoms with E-state index in [0.717, 1.165) is 62.5 Å². The monoisotopic (exact) mass is 261 g/mol. The Bertz CT molecular complexity index is 525. The van der Waals surface area contributed by atoms with Gasteiger partial charge in [0, 0.05) is 19.2 Å². The molecule has 3 rings (SSSR count). The van der Waals surface area contributed by atoms with Crippen molar-refractivity contribution in [3.8, 4) is 0 Å². The molecule has 0 amide bonds. The van der Waals surface area contributed by atoms with Crippen molar-refractivity contribution in [2.45, 2.75) is 13.8 Å². The molecule has 6 nitrogen and oxygen atoms in total. The number of hydrogen-bond acceptors (Lipinski definition) is 5. The van der Waals surface area contributed by atoms with Crippen LogP contribution in [0.5, 0.6) is 0 Å². The SMILES string of the molecule is CC1=NCCN=C1n1nc(C)cc1N1CCOCC1. The van der Waals surface area contributed by atoms with E-state index in [1.54, 1.807) is 0 Å². The van der Waals surface area contributed by atoms with E-state index in [2.05, 4.69) is 26.0 Å². The van der Waals surface area contributed by atoms with E-state index in [9.17, 15) is 0 Å². The van der Waals surface area contributed by atoms with Gasteiger partial charge in [-0.15, -0.1) is 0 Å². The Hall–Kier alpha value is -1.69. The molecule has 6 heteroatoms. The number of hydrogen-bond donors (Lipinski definition) is 0. The zero-order chi connectivity index (χ0) is 13.2. The molecule has 0 aliphatic carbocycles. The van der Waals surface area contributed by atoms with Crippen molar-refractivity contribution >= 4 is 17.4 Å². The Labute approximate surface area is 112 Å². The highest BCUT2D eigenvalue weighted by molar-refractivity contribution is 6.41. The molecule has 0 aromatic carbocycles. The van der Waals surface area contributed by atoms with Crippen LogP contribution in [0.1, 0.15) is 12.6 Å². The van der Waals surface area contributed by atoms with Crippen LogP contribution in [0.4, 0.5) is 5.82 Å². The summed E-state index contributed by atoms with van der Waals surface area (Å²) >= 11 is 0. The van der Waals surface area contributed by atoms with Gasteiger partial charge < -0.3 is 9.64 Å². The number of aryl methyl sites for hydroxylation is 1. The average molecular weight is 261 g/mol. The summed E-state index contributed by atoms with van der Waals surface area (Å²) < 4.78 is 7.34. The van der Waals surface area contributed by atoms with Crippen LogP contribution in [0.2, 0.25) is 0 Å². The summed E-state index contributed by atoms with van der Waals surface area (Å²) in [4.78, 5) is 11.3. The Kier molecular flexibility index (Phi) is 3.33. The number of rotatable bonds is 1. The van der Waals surface area contributed by atoms with Gasteiger partial charge >= 0.3 is 0 Å². The van der Waals surface area contributed by atoms with Crippen molar-refractivity contribution in [1.29, 1.82) is 0 Å². The Morgan fingerprint density at radius 1 is 1.11 bits per heavy atom. The molecule has 0 saturated carbocycles. The minimum absolute atomic E-state index is 0.744. The third kappa shape index (κ3) is 2.40. The first-order valence-corrected chi connectivity index (χ1v) is 6.71. The van der Waals surface area contributed by atoms with E-state index in [1.165, 1.54) is 0 Å². The lowest BCUT2D eigenvalue weighted by molar-refractivity contribution is 0.122. The molecule has 1 aromatic heterocycles.